The van der Waals surface area contributed by atoms with Crippen LogP contribution in [0.3, 0.4) is 0 Å². The zero-order valence-electron chi connectivity index (χ0n) is 24.2. The molecule has 0 aliphatic carbocycles. The summed E-state index contributed by atoms with van der Waals surface area (Å²) >= 11 is 0. The molecule has 270 valence electrons. The van der Waals surface area contributed by atoms with E-state index in [0.29, 0.717) is 36.4 Å². The first-order chi connectivity index (χ1) is 23.4. The third kappa shape index (κ3) is 8.26. The molecule has 0 aliphatic rings. The summed E-state index contributed by atoms with van der Waals surface area (Å²) in [5.74, 6) is -12.0. The number of anilines is 6. The molecule has 4 aromatic rings. The fourth-order valence-corrected chi connectivity index (χ4v) is 5.94. The maximum Gasteiger partial charge on any atom is 0.339 e. The van der Waals surface area contributed by atoms with E-state index in [0.717, 1.165) is 0 Å². The normalized spacial score (nSPS) is 11.8. The minimum atomic E-state index is -5.27. The molecule has 0 spiro atoms. The number of hydrogen-bond donors (Lipinski definition) is 12. The molecule has 12 N–H and O–H groups in total. The fraction of sp³-hybridized carbons (Fsp3) is 0. The number of aromatic hydroxyl groups is 3. The molecule has 0 radical (unpaired) electrons. The first-order valence-electron chi connectivity index (χ1n) is 12.7. The fourth-order valence-electron chi connectivity index (χ4n) is 4.05. The van der Waals surface area contributed by atoms with Crippen molar-refractivity contribution in [2.45, 2.75) is 14.7 Å². The van der Waals surface area contributed by atoms with Crippen molar-refractivity contribution in [2.75, 3.05) is 16.0 Å². The van der Waals surface area contributed by atoms with E-state index in [-0.39, 0.29) is 0 Å². The number of rotatable bonds is 12. The SMILES string of the molecule is O=C(O)c1cc(Nc2nc(Nc3cc(C(=O)O)c(O)c(S(=O)(=O)O)c3)nc(Nc3cc(C(=O)O)c(O)c(S(=O)(=O)O)c3)n2)cc(S(=O)(=O)O)c1O. The smallest absolute Gasteiger partial charge is 0.339 e. The van der Waals surface area contributed by atoms with Gasteiger partial charge in [0.05, 0.1) is 0 Å². The molecular weight excluding hydrogens is 756 g/mol. The van der Waals surface area contributed by atoms with E-state index in [2.05, 4.69) is 30.9 Å². The lowest BCUT2D eigenvalue weighted by Crippen LogP contribution is -2.11. The van der Waals surface area contributed by atoms with Crippen molar-refractivity contribution in [1.82, 2.24) is 15.0 Å². The summed E-state index contributed by atoms with van der Waals surface area (Å²) in [6, 6.07) is 3.50. The summed E-state index contributed by atoms with van der Waals surface area (Å²) in [5.41, 5.74) is -4.87. The van der Waals surface area contributed by atoms with Gasteiger partial charge in [0.1, 0.15) is 31.4 Å². The number of aromatic carboxylic acids is 3. The van der Waals surface area contributed by atoms with Crippen molar-refractivity contribution in [2.24, 2.45) is 0 Å². The second-order valence-corrected chi connectivity index (χ2v) is 13.8. The topological polar surface area (TPSA) is 410 Å². The van der Waals surface area contributed by atoms with Crippen LogP contribution >= 0.6 is 0 Å². The molecule has 24 nitrogen and oxygen atoms in total. The number of nitrogens with one attached hydrogen (secondary N) is 3. The van der Waals surface area contributed by atoms with Crippen LogP contribution in [0.15, 0.2) is 51.1 Å². The van der Waals surface area contributed by atoms with E-state index >= 15 is 0 Å². The summed E-state index contributed by atoms with van der Waals surface area (Å²) < 4.78 is 99.4. The standard InChI is InChI=1S/C24H18N6O18S3/c31-16-10(19(34)35)1-7(4-13(16)49(40,41)42)25-22-28-23(26-8-2-11(20(36)37)17(32)14(5-8)50(43,44)45)30-24(29-22)27-9-3-12(21(38)39)18(33)15(6-9)51(46,47)48/h1-6,31-33H,(H,34,35)(H,36,37)(H,38,39)(H,40,41,42)(H,43,44,45)(H,46,47,48)(H3,25,26,27,28,29,30). The summed E-state index contributed by atoms with van der Waals surface area (Å²) in [4.78, 5) is 42.6. The molecule has 0 saturated carbocycles. The zero-order chi connectivity index (χ0) is 38.4. The van der Waals surface area contributed by atoms with E-state index in [1.807, 2.05) is 0 Å². The minimum absolute atomic E-state index is 0.524. The summed E-state index contributed by atoms with van der Waals surface area (Å²) in [6.07, 6.45) is 0. The first kappa shape index (κ1) is 37.4. The van der Waals surface area contributed by atoms with Crippen molar-refractivity contribution in [3.63, 3.8) is 0 Å². The van der Waals surface area contributed by atoms with E-state index in [9.17, 15) is 83.9 Å². The van der Waals surface area contributed by atoms with Crippen molar-refractivity contribution >= 4 is 83.2 Å². The van der Waals surface area contributed by atoms with E-state index in [1.54, 1.807) is 0 Å². The molecule has 0 aliphatic heterocycles. The Balaban J connectivity index is 1.95. The zero-order valence-corrected chi connectivity index (χ0v) is 26.7. The second-order valence-electron chi connectivity index (χ2n) is 9.63. The third-order valence-electron chi connectivity index (χ3n) is 6.15. The van der Waals surface area contributed by atoms with Crippen LogP contribution in [0.4, 0.5) is 34.9 Å². The number of carboxylic acid groups (broad SMARTS) is 3. The molecule has 51 heavy (non-hydrogen) atoms. The lowest BCUT2D eigenvalue weighted by atomic mass is 10.1. The van der Waals surface area contributed by atoms with Gasteiger partial charge in [-0.15, -0.1) is 0 Å². The number of nitrogens with zero attached hydrogens (tertiary/aromatic N) is 3. The Bertz CT molecular complexity index is 2220. The Morgan fingerprint density at radius 3 is 0.843 bits per heavy atom. The quantitative estimate of drug-likeness (QED) is 0.0706. The molecule has 0 fully saturated rings. The molecule has 0 saturated heterocycles. The van der Waals surface area contributed by atoms with Crippen LogP contribution < -0.4 is 16.0 Å². The molecule has 0 bridgehead atoms. The van der Waals surface area contributed by atoms with Crippen LogP contribution in [0, 0.1) is 0 Å². The largest absolute Gasteiger partial charge is 0.506 e. The number of aromatic nitrogens is 3. The van der Waals surface area contributed by atoms with E-state index in [4.69, 9.17) is 0 Å². The van der Waals surface area contributed by atoms with Crippen molar-refractivity contribution in [3.8, 4) is 17.2 Å². The van der Waals surface area contributed by atoms with Gasteiger partial charge in [0.15, 0.2) is 17.2 Å². The van der Waals surface area contributed by atoms with Gasteiger partial charge < -0.3 is 46.6 Å². The Labute approximate surface area is 282 Å². The number of carbonyl (C=O) groups is 3. The van der Waals surface area contributed by atoms with E-state index in [1.165, 1.54) is 0 Å². The molecule has 0 atom stereocenters. The van der Waals surface area contributed by atoms with Crippen molar-refractivity contribution in [1.29, 1.82) is 0 Å². The highest BCUT2D eigenvalue weighted by molar-refractivity contribution is 7.86. The van der Waals surface area contributed by atoms with Crippen molar-refractivity contribution < 1.29 is 83.9 Å². The third-order valence-corrected chi connectivity index (χ3v) is 8.75. The Morgan fingerprint density at radius 1 is 0.451 bits per heavy atom. The first-order valence-corrected chi connectivity index (χ1v) is 17.0. The predicted molar refractivity (Wildman–Crippen MR) is 164 cm³/mol. The highest BCUT2D eigenvalue weighted by Gasteiger charge is 2.27. The molecule has 1 aromatic heterocycles. The van der Waals surface area contributed by atoms with Crippen LogP contribution in [0.5, 0.6) is 17.2 Å². The van der Waals surface area contributed by atoms with Gasteiger partial charge >= 0.3 is 17.9 Å². The van der Waals surface area contributed by atoms with E-state index < -0.39 is 132 Å². The number of benzene rings is 3. The van der Waals surface area contributed by atoms with Gasteiger partial charge in [0.2, 0.25) is 17.8 Å². The minimum Gasteiger partial charge on any atom is -0.506 e. The van der Waals surface area contributed by atoms with Crippen LogP contribution in [0.1, 0.15) is 31.1 Å². The van der Waals surface area contributed by atoms with Gasteiger partial charge in [0.25, 0.3) is 30.4 Å². The van der Waals surface area contributed by atoms with Gasteiger partial charge in [-0.2, -0.15) is 40.2 Å². The lowest BCUT2D eigenvalue weighted by molar-refractivity contribution is 0.0682. The number of carboxylic acids is 3. The van der Waals surface area contributed by atoms with Gasteiger partial charge in [-0.1, -0.05) is 0 Å². The molecule has 0 unspecified atom stereocenters. The molecule has 0 amide bonds. The van der Waals surface area contributed by atoms with Gasteiger partial charge in [-0.3, -0.25) is 13.7 Å². The lowest BCUT2D eigenvalue weighted by Gasteiger charge is -2.15. The highest BCUT2D eigenvalue weighted by atomic mass is 32.2. The average molecular weight is 775 g/mol. The molecular formula is C24H18N6O18S3. The Kier molecular flexibility index (Phi) is 9.65. The highest BCUT2D eigenvalue weighted by Crippen LogP contribution is 2.35. The second kappa shape index (κ2) is 13.1. The summed E-state index contributed by atoms with van der Waals surface area (Å²) in [7, 11) is -15.8. The van der Waals surface area contributed by atoms with Crippen molar-refractivity contribution in [3.05, 3.63) is 53.1 Å². The van der Waals surface area contributed by atoms with Gasteiger partial charge in [-0.05, 0) is 36.4 Å². The molecule has 3 aromatic carbocycles. The summed E-state index contributed by atoms with van der Waals surface area (Å²) in [5, 5.41) is 65.4. The Hall–Kier alpha value is -6.39. The van der Waals surface area contributed by atoms with Crippen LogP contribution in [0.2, 0.25) is 0 Å². The Morgan fingerprint density at radius 2 is 0.667 bits per heavy atom. The predicted octanol–water partition coefficient (Wildman–Crippen LogP) is 1.05. The molecule has 4 rings (SSSR count). The number of hydrogen-bond acceptors (Lipinski definition) is 18. The average Bonchev–Trinajstić information content (AvgIpc) is 2.97. The maximum atomic E-state index is 11.8. The molecule has 1 heterocycles. The van der Waals surface area contributed by atoms with Gasteiger partial charge in [-0.25, -0.2) is 14.4 Å². The number of phenols is 3. The van der Waals surface area contributed by atoms with Gasteiger partial charge in [0, 0.05) is 17.1 Å². The molecule has 27 heteroatoms. The monoisotopic (exact) mass is 774 g/mol. The van der Waals surface area contributed by atoms with Crippen LogP contribution in [-0.2, 0) is 30.4 Å². The maximum absolute atomic E-state index is 11.8. The van der Waals surface area contributed by atoms with Crippen LogP contribution in [-0.4, -0.2) is 102 Å². The van der Waals surface area contributed by atoms with Crippen LogP contribution in [0.25, 0.3) is 0 Å². The summed E-state index contributed by atoms with van der Waals surface area (Å²) in [6.45, 7) is 0.